The Bertz CT molecular complexity index is 1260. The summed E-state index contributed by atoms with van der Waals surface area (Å²) >= 11 is 1.48. The van der Waals surface area contributed by atoms with E-state index in [0.717, 1.165) is 33.3 Å². The zero-order valence-electron chi connectivity index (χ0n) is 16.8. The normalized spacial score (nSPS) is 16.0. The Balaban J connectivity index is 1.43. The summed E-state index contributed by atoms with van der Waals surface area (Å²) in [6.07, 6.45) is 3.97. The van der Waals surface area contributed by atoms with Crippen LogP contribution in [0.2, 0.25) is 0 Å². The highest BCUT2D eigenvalue weighted by atomic mass is 32.1. The van der Waals surface area contributed by atoms with E-state index in [1.165, 1.54) is 22.7 Å². The van der Waals surface area contributed by atoms with E-state index in [0.29, 0.717) is 23.8 Å². The zero-order valence-corrected chi connectivity index (χ0v) is 17.6. The van der Waals surface area contributed by atoms with Crippen molar-refractivity contribution < 1.29 is 9.63 Å². The predicted octanol–water partition coefficient (Wildman–Crippen LogP) is 4.55. The Morgan fingerprint density at radius 3 is 2.94 bits per heavy atom. The molecule has 2 amide bonds. The zero-order chi connectivity index (χ0) is 21.4. The number of urea groups is 1. The molecule has 9 heteroatoms. The number of thiophene rings is 1. The smallest absolute Gasteiger partial charge is 0.346 e. The summed E-state index contributed by atoms with van der Waals surface area (Å²) < 4.78 is 0.833. The first-order valence-electron chi connectivity index (χ1n) is 9.84. The Labute approximate surface area is 182 Å². The number of carbonyl (C=O) groups is 1. The third-order valence-corrected chi connectivity index (χ3v) is 6.30. The van der Waals surface area contributed by atoms with E-state index in [1.807, 2.05) is 48.7 Å². The molecule has 1 aliphatic heterocycles. The van der Waals surface area contributed by atoms with Crippen LogP contribution in [0.1, 0.15) is 23.7 Å². The molecule has 1 saturated heterocycles. The number of aromatic nitrogens is 3. The van der Waals surface area contributed by atoms with Crippen molar-refractivity contribution in [1.29, 1.82) is 0 Å². The van der Waals surface area contributed by atoms with E-state index in [1.54, 1.807) is 6.20 Å². The first kappa shape index (κ1) is 19.4. The monoisotopic (exact) mass is 432 g/mol. The number of amides is 2. The second-order valence-corrected chi connectivity index (χ2v) is 8.13. The quantitative estimate of drug-likeness (QED) is 0.492. The van der Waals surface area contributed by atoms with Crippen molar-refractivity contribution in [3.05, 3.63) is 65.6 Å². The summed E-state index contributed by atoms with van der Waals surface area (Å²) in [5, 5.41) is 6.35. The number of hydroxylamine groups is 2. The van der Waals surface area contributed by atoms with Gasteiger partial charge in [-0.25, -0.2) is 14.8 Å². The Morgan fingerprint density at radius 1 is 1.26 bits per heavy atom. The molecule has 5 rings (SSSR count). The molecule has 156 valence electrons. The lowest BCUT2D eigenvalue weighted by atomic mass is 10.1. The molecule has 1 fully saturated rings. The topological polar surface area (TPSA) is 106 Å². The van der Waals surface area contributed by atoms with E-state index >= 15 is 0 Å². The van der Waals surface area contributed by atoms with Crippen molar-refractivity contribution in [2.75, 3.05) is 17.7 Å². The minimum atomic E-state index is -0.324. The Morgan fingerprint density at radius 2 is 2.10 bits per heavy atom. The van der Waals surface area contributed by atoms with Gasteiger partial charge in [0.1, 0.15) is 12.1 Å². The van der Waals surface area contributed by atoms with Crippen LogP contribution in [-0.4, -0.2) is 32.7 Å². The summed E-state index contributed by atoms with van der Waals surface area (Å²) in [5.74, 6) is 0.452. The summed E-state index contributed by atoms with van der Waals surface area (Å²) in [6, 6.07) is 11.3. The molecule has 8 nitrogen and oxygen atoms in total. The number of fused-ring (bicyclic) bond motifs is 1. The van der Waals surface area contributed by atoms with Crippen LogP contribution in [0.15, 0.2) is 54.3 Å². The van der Waals surface area contributed by atoms with Crippen LogP contribution >= 0.6 is 11.3 Å². The van der Waals surface area contributed by atoms with Gasteiger partial charge in [-0.2, -0.15) is 5.06 Å². The van der Waals surface area contributed by atoms with Gasteiger partial charge in [-0.3, -0.25) is 9.82 Å². The number of rotatable bonds is 3. The number of hydrogen-bond acceptors (Lipinski definition) is 7. The van der Waals surface area contributed by atoms with Crippen molar-refractivity contribution in [3.8, 4) is 11.1 Å². The van der Waals surface area contributed by atoms with Gasteiger partial charge in [-0.15, -0.1) is 11.3 Å². The highest BCUT2D eigenvalue weighted by Gasteiger charge is 2.32. The van der Waals surface area contributed by atoms with Gasteiger partial charge >= 0.3 is 6.03 Å². The average molecular weight is 433 g/mol. The van der Waals surface area contributed by atoms with E-state index in [-0.39, 0.29) is 12.1 Å². The molecule has 0 spiro atoms. The number of nitrogens with zero attached hydrogens (tertiary/aromatic N) is 4. The van der Waals surface area contributed by atoms with Crippen LogP contribution in [0, 0.1) is 6.92 Å². The molecule has 0 unspecified atom stereocenters. The molecule has 3 N–H and O–H groups in total. The average Bonchev–Trinajstić information content (AvgIpc) is 3.44. The molecule has 4 heterocycles. The summed E-state index contributed by atoms with van der Waals surface area (Å²) in [7, 11) is 0. The fourth-order valence-corrected chi connectivity index (χ4v) is 4.63. The van der Waals surface area contributed by atoms with Crippen LogP contribution < -0.4 is 11.1 Å². The van der Waals surface area contributed by atoms with Crippen molar-refractivity contribution in [3.63, 3.8) is 0 Å². The fraction of sp³-hybridized carbons (Fsp3) is 0.182. The first-order chi connectivity index (χ1) is 15.1. The SMILES string of the molecule is Cc1ncc(-c2csc3c(N)ncnc23)cc1NC(=O)N1OCC[C@H]1c1ccccc1. The molecule has 0 aliphatic carbocycles. The number of pyridine rings is 1. The maximum atomic E-state index is 13.0. The van der Waals surface area contributed by atoms with E-state index in [4.69, 9.17) is 10.6 Å². The van der Waals surface area contributed by atoms with Crippen LogP contribution in [0.3, 0.4) is 0 Å². The largest absolute Gasteiger partial charge is 0.382 e. The highest BCUT2D eigenvalue weighted by molar-refractivity contribution is 7.18. The van der Waals surface area contributed by atoms with Crippen molar-refractivity contribution >= 4 is 39.1 Å². The van der Waals surface area contributed by atoms with Gasteiger partial charge in [-0.05, 0) is 18.6 Å². The number of carbonyl (C=O) groups excluding carboxylic acids is 1. The van der Waals surface area contributed by atoms with E-state index in [9.17, 15) is 4.79 Å². The number of hydrogen-bond donors (Lipinski definition) is 2. The molecule has 3 aromatic heterocycles. The summed E-state index contributed by atoms with van der Waals surface area (Å²) in [5.41, 5.74) is 10.8. The minimum absolute atomic E-state index is 0.127. The summed E-state index contributed by atoms with van der Waals surface area (Å²) in [4.78, 5) is 31.6. The van der Waals surface area contributed by atoms with Gasteiger partial charge in [0.05, 0.1) is 34.2 Å². The second kappa shape index (κ2) is 7.93. The Kier molecular flexibility index (Phi) is 4.97. The minimum Gasteiger partial charge on any atom is -0.382 e. The van der Waals surface area contributed by atoms with Crippen molar-refractivity contribution in [2.45, 2.75) is 19.4 Å². The number of anilines is 2. The summed E-state index contributed by atoms with van der Waals surface area (Å²) in [6.45, 7) is 2.34. The van der Waals surface area contributed by atoms with Crippen molar-refractivity contribution in [2.24, 2.45) is 0 Å². The lowest BCUT2D eigenvalue weighted by molar-refractivity contribution is -0.0829. The van der Waals surface area contributed by atoms with Crippen LogP contribution in [0.25, 0.3) is 21.3 Å². The highest BCUT2D eigenvalue weighted by Crippen LogP contribution is 2.36. The van der Waals surface area contributed by atoms with Gasteiger partial charge in [0.15, 0.2) is 0 Å². The molecule has 1 aliphatic rings. The van der Waals surface area contributed by atoms with Gasteiger partial charge in [0.2, 0.25) is 0 Å². The van der Waals surface area contributed by atoms with Crippen molar-refractivity contribution in [1.82, 2.24) is 20.0 Å². The Hall–Kier alpha value is -3.56. The molecule has 0 saturated carbocycles. The number of nitrogens with one attached hydrogen (secondary N) is 1. The molecule has 4 aromatic rings. The van der Waals surface area contributed by atoms with Gasteiger partial charge in [0, 0.05) is 29.1 Å². The van der Waals surface area contributed by atoms with Crippen LogP contribution in [-0.2, 0) is 4.84 Å². The number of nitrogens with two attached hydrogens (primary N) is 1. The second-order valence-electron chi connectivity index (χ2n) is 7.25. The van der Waals surface area contributed by atoms with Crippen LogP contribution in [0.4, 0.5) is 16.3 Å². The van der Waals surface area contributed by atoms with Crippen LogP contribution in [0.5, 0.6) is 0 Å². The maximum absolute atomic E-state index is 13.0. The van der Waals surface area contributed by atoms with E-state index in [2.05, 4.69) is 20.3 Å². The molecule has 1 atom stereocenters. The molecular weight excluding hydrogens is 412 g/mol. The lowest BCUT2D eigenvalue weighted by Gasteiger charge is -2.23. The van der Waals surface area contributed by atoms with Gasteiger partial charge < -0.3 is 11.1 Å². The lowest BCUT2D eigenvalue weighted by Crippen LogP contribution is -2.33. The number of benzene rings is 1. The van der Waals surface area contributed by atoms with Gasteiger partial charge in [-0.1, -0.05) is 30.3 Å². The predicted molar refractivity (Wildman–Crippen MR) is 120 cm³/mol. The van der Waals surface area contributed by atoms with Gasteiger partial charge in [0.25, 0.3) is 0 Å². The molecule has 0 radical (unpaired) electrons. The number of nitrogen functional groups attached to an aromatic ring is 1. The van der Waals surface area contributed by atoms with E-state index < -0.39 is 0 Å². The molecule has 0 bridgehead atoms. The molecule has 1 aromatic carbocycles. The fourth-order valence-electron chi connectivity index (χ4n) is 3.70. The maximum Gasteiger partial charge on any atom is 0.346 e. The third-order valence-electron chi connectivity index (χ3n) is 5.31. The third kappa shape index (κ3) is 3.58. The standard InChI is InChI=1S/C22H20N6O2S/c1-13-17(27-22(29)28-18(7-8-30-28)14-5-3-2-4-6-14)9-15(10-24-13)16-11-31-20-19(16)25-12-26-21(20)23/h2-6,9-12,18H,7-8H2,1H3,(H,27,29)(H2,23,25,26)/t18-/m0/s1. The molecular formula is C22H20N6O2S. The molecule has 31 heavy (non-hydrogen) atoms. The number of aryl methyl sites for hydroxylation is 1. The first-order valence-corrected chi connectivity index (χ1v) is 10.7.